The van der Waals surface area contributed by atoms with Gasteiger partial charge >= 0.3 is 39.5 Å². The maximum atomic E-state index is 13.1. The second kappa shape index (κ2) is 65.0. The van der Waals surface area contributed by atoms with Crippen LogP contribution >= 0.6 is 15.6 Å². The fraction of sp³-hybridized carbons (Fsp3) is 0.945. The fourth-order valence-corrected chi connectivity index (χ4v) is 12.7. The van der Waals surface area contributed by atoms with Crippen molar-refractivity contribution in [1.29, 1.82) is 0 Å². The first-order valence-electron chi connectivity index (χ1n) is 38.0. The van der Waals surface area contributed by atoms with Crippen LogP contribution in [0.4, 0.5) is 0 Å². The van der Waals surface area contributed by atoms with Gasteiger partial charge in [-0.05, 0) is 37.5 Å². The summed E-state index contributed by atoms with van der Waals surface area (Å²) in [6.45, 7) is 9.46. The van der Waals surface area contributed by atoms with Crippen LogP contribution in [0.1, 0.15) is 375 Å². The molecule has 0 saturated heterocycles. The van der Waals surface area contributed by atoms with Crippen molar-refractivity contribution in [3.8, 4) is 0 Å². The Morgan fingerprint density at radius 1 is 0.315 bits per heavy atom. The van der Waals surface area contributed by atoms with Crippen molar-refractivity contribution in [3.63, 3.8) is 0 Å². The third-order valence-corrected chi connectivity index (χ3v) is 19.2. The van der Waals surface area contributed by atoms with E-state index in [-0.39, 0.29) is 25.7 Å². The van der Waals surface area contributed by atoms with Crippen LogP contribution in [0.2, 0.25) is 0 Å². The smallest absolute Gasteiger partial charge is 0.462 e. The monoisotopic (exact) mass is 1350 g/mol. The van der Waals surface area contributed by atoms with E-state index in [9.17, 15) is 43.2 Å². The largest absolute Gasteiger partial charge is 0.472 e. The number of phosphoric ester groups is 2. The van der Waals surface area contributed by atoms with Crippen molar-refractivity contribution in [2.75, 3.05) is 39.6 Å². The number of hydrogen-bond acceptors (Lipinski definition) is 15. The van der Waals surface area contributed by atoms with E-state index in [0.29, 0.717) is 25.7 Å². The highest BCUT2D eigenvalue weighted by molar-refractivity contribution is 7.47. The molecule has 6 atom stereocenters. The number of aliphatic hydroxyl groups is 1. The van der Waals surface area contributed by atoms with Gasteiger partial charge in [0.2, 0.25) is 0 Å². The van der Waals surface area contributed by atoms with Crippen molar-refractivity contribution in [1.82, 2.24) is 0 Å². The van der Waals surface area contributed by atoms with E-state index >= 15 is 0 Å². The number of hydrogen-bond donors (Lipinski definition) is 3. The molecule has 0 saturated carbocycles. The van der Waals surface area contributed by atoms with Gasteiger partial charge in [-0.15, -0.1) is 0 Å². The van der Waals surface area contributed by atoms with Crippen LogP contribution in [0.25, 0.3) is 0 Å². The molecule has 17 nitrogen and oxygen atoms in total. The van der Waals surface area contributed by atoms with E-state index in [2.05, 4.69) is 41.5 Å². The summed E-state index contributed by atoms with van der Waals surface area (Å²) in [6, 6.07) is 0. The van der Waals surface area contributed by atoms with Crippen LogP contribution < -0.4 is 0 Å². The molecule has 0 amide bonds. The van der Waals surface area contributed by atoms with E-state index in [1.54, 1.807) is 0 Å². The highest BCUT2D eigenvalue weighted by atomic mass is 31.2. The third kappa shape index (κ3) is 65.4. The highest BCUT2D eigenvalue weighted by Gasteiger charge is 2.30. The van der Waals surface area contributed by atoms with Crippen LogP contribution in [-0.2, 0) is 65.4 Å². The van der Waals surface area contributed by atoms with Crippen molar-refractivity contribution in [3.05, 3.63) is 0 Å². The number of phosphoric acid groups is 2. The van der Waals surface area contributed by atoms with Crippen LogP contribution in [0.3, 0.4) is 0 Å². The quantitative estimate of drug-likeness (QED) is 0.0222. The van der Waals surface area contributed by atoms with E-state index in [4.69, 9.17) is 37.0 Å². The minimum absolute atomic E-state index is 0.104. The van der Waals surface area contributed by atoms with E-state index in [1.807, 2.05) is 0 Å². The van der Waals surface area contributed by atoms with Gasteiger partial charge in [-0.1, -0.05) is 324 Å². The maximum Gasteiger partial charge on any atom is 0.472 e. The molecule has 3 unspecified atom stereocenters. The lowest BCUT2D eigenvalue weighted by Gasteiger charge is -2.21. The van der Waals surface area contributed by atoms with E-state index < -0.39 is 97.5 Å². The Bertz CT molecular complexity index is 1790. The van der Waals surface area contributed by atoms with Crippen molar-refractivity contribution in [2.45, 2.75) is 394 Å². The third-order valence-electron chi connectivity index (χ3n) is 17.3. The van der Waals surface area contributed by atoms with Gasteiger partial charge in [0.25, 0.3) is 0 Å². The van der Waals surface area contributed by atoms with E-state index in [1.165, 1.54) is 186 Å². The second-order valence-corrected chi connectivity index (χ2v) is 30.0. The zero-order chi connectivity index (χ0) is 67.9. The van der Waals surface area contributed by atoms with Gasteiger partial charge in [0.1, 0.15) is 19.3 Å². The molecule has 0 aliphatic heterocycles. The Morgan fingerprint density at radius 3 is 0.826 bits per heavy atom. The summed E-state index contributed by atoms with van der Waals surface area (Å²) in [4.78, 5) is 72.4. The van der Waals surface area contributed by atoms with E-state index in [0.717, 1.165) is 108 Å². The number of carbonyl (C=O) groups is 4. The average Bonchev–Trinajstić information content (AvgIpc) is 1.80. The molecule has 0 heterocycles. The summed E-state index contributed by atoms with van der Waals surface area (Å²) in [5, 5.41) is 10.6. The minimum Gasteiger partial charge on any atom is -0.462 e. The van der Waals surface area contributed by atoms with Gasteiger partial charge in [0, 0.05) is 25.7 Å². The Morgan fingerprint density at radius 2 is 0.554 bits per heavy atom. The molecule has 0 aromatic rings. The predicted octanol–water partition coefficient (Wildman–Crippen LogP) is 21.2. The highest BCUT2D eigenvalue weighted by Crippen LogP contribution is 2.45. The van der Waals surface area contributed by atoms with Gasteiger partial charge in [0.05, 0.1) is 26.4 Å². The molecule has 0 fully saturated rings. The van der Waals surface area contributed by atoms with Crippen LogP contribution in [0.5, 0.6) is 0 Å². The molecule has 19 heteroatoms. The second-order valence-electron chi connectivity index (χ2n) is 27.1. The van der Waals surface area contributed by atoms with Crippen LogP contribution in [0.15, 0.2) is 0 Å². The van der Waals surface area contributed by atoms with Crippen LogP contribution in [0, 0.1) is 11.8 Å². The zero-order valence-electron chi connectivity index (χ0n) is 59.9. The van der Waals surface area contributed by atoms with Gasteiger partial charge in [-0.2, -0.15) is 0 Å². The van der Waals surface area contributed by atoms with Crippen molar-refractivity contribution >= 4 is 39.5 Å². The molecule has 92 heavy (non-hydrogen) atoms. The van der Waals surface area contributed by atoms with Crippen molar-refractivity contribution in [2.24, 2.45) is 11.8 Å². The lowest BCUT2D eigenvalue weighted by atomic mass is 9.99. The molecule has 0 aromatic carbocycles. The Hall–Kier alpha value is -1.94. The van der Waals surface area contributed by atoms with Gasteiger partial charge in [-0.3, -0.25) is 37.3 Å². The number of unbranched alkanes of at least 4 members (excludes halogenated alkanes) is 41. The molecule has 0 aliphatic carbocycles. The minimum atomic E-state index is -4.95. The van der Waals surface area contributed by atoms with Crippen molar-refractivity contribution < 1.29 is 80.2 Å². The Labute approximate surface area is 562 Å². The number of rotatable bonds is 72. The summed E-state index contributed by atoms with van der Waals surface area (Å²) in [7, 11) is -9.89. The first-order valence-corrected chi connectivity index (χ1v) is 41.0. The summed E-state index contributed by atoms with van der Waals surface area (Å²) in [5.74, 6) is -0.606. The molecule has 0 radical (unpaired) electrons. The molecule has 3 N–H and O–H groups in total. The normalized spacial score (nSPS) is 14.4. The molecular weight excluding hydrogens is 1210 g/mol. The van der Waals surface area contributed by atoms with Crippen LogP contribution in [-0.4, -0.2) is 96.7 Å². The summed E-state index contributed by atoms with van der Waals surface area (Å²) >= 11 is 0. The molecule has 0 aromatic heterocycles. The first-order chi connectivity index (χ1) is 44.4. The number of carbonyl (C=O) groups excluding carboxylic acids is 4. The number of aliphatic hydroxyl groups excluding tert-OH is 1. The van der Waals surface area contributed by atoms with Gasteiger partial charge < -0.3 is 33.8 Å². The SMILES string of the molecule is CCCCCCCCCCCCCCCCCCCCCCCCC(=O)O[C@H](COC(=O)CCCCCCCCCCCCC(C)C)COP(=O)(O)OC[C@@H](O)COP(=O)(O)OC[C@@H](COC(=O)CCCCCCC)OC(=O)CCCCCCCCCCC(C)CC. The molecule has 0 bridgehead atoms. The fourth-order valence-electron chi connectivity index (χ4n) is 11.1. The number of ether oxygens (including phenoxy) is 4. The standard InChI is InChI=1S/C73H142O17P2/c1-7-10-12-14-15-16-17-18-19-20-21-22-23-24-25-26-27-28-33-39-45-51-57-72(77)90-69(62-84-71(76)56-50-44-38-32-30-29-31-36-42-47-53-65(4)5)64-88-92(81,82)86-60-67(74)59-85-91(79,80)87-63-68(61-83-70(75)55-49-41-13-11-8-2)89-73(78)58-52-46-40-35-34-37-43-48-54-66(6)9-3/h65-69,74H,7-64H2,1-6H3,(H,79,80)(H,81,82)/t66?,67-,68+,69+/m0/s1. The lowest BCUT2D eigenvalue weighted by molar-refractivity contribution is -0.161. The molecule has 546 valence electrons. The molecular formula is C73H142O17P2. The van der Waals surface area contributed by atoms with Gasteiger partial charge in [-0.25, -0.2) is 9.13 Å². The van der Waals surface area contributed by atoms with Gasteiger partial charge in [0.15, 0.2) is 12.2 Å². The first kappa shape index (κ1) is 90.1. The summed E-state index contributed by atoms with van der Waals surface area (Å²) in [5.41, 5.74) is 0. The molecule has 0 spiro atoms. The topological polar surface area (TPSA) is 237 Å². The summed E-state index contributed by atoms with van der Waals surface area (Å²) in [6.07, 6.45) is 51.9. The Balaban J connectivity index is 5.10. The average molecular weight is 1350 g/mol. The summed E-state index contributed by atoms with van der Waals surface area (Å²) < 4.78 is 68.1. The molecule has 0 rings (SSSR count). The lowest BCUT2D eigenvalue weighted by Crippen LogP contribution is -2.30. The molecule has 0 aliphatic rings. The predicted molar refractivity (Wildman–Crippen MR) is 372 cm³/mol. The zero-order valence-corrected chi connectivity index (χ0v) is 61.6. The maximum absolute atomic E-state index is 13.1. The Kier molecular flexibility index (Phi) is 63.7. The number of esters is 4.